The SMILES string of the molecule is C=CC1(C(F)(F)F)C=CC(=O)O1. The maximum atomic E-state index is 12.2. The lowest BCUT2D eigenvalue weighted by atomic mass is 10.1. The van der Waals surface area contributed by atoms with E-state index in [2.05, 4.69) is 11.3 Å². The normalized spacial score (nSPS) is 28.8. The summed E-state index contributed by atoms with van der Waals surface area (Å²) in [6, 6.07) is 0. The number of rotatable bonds is 1. The summed E-state index contributed by atoms with van der Waals surface area (Å²) in [5.74, 6) is -1.01. The number of alkyl halides is 3. The van der Waals surface area contributed by atoms with E-state index in [1.54, 1.807) is 0 Å². The molecule has 1 heterocycles. The maximum absolute atomic E-state index is 12.2. The summed E-state index contributed by atoms with van der Waals surface area (Å²) >= 11 is 0. The zero-order valence-electron chi connectivity index (χ0n) is 5.89. The van der Waals surface area contributed by atoms with E-state index in [0.717, 1.165) is 6.08 Å². The number of esters is 1. The Balaban J connectivity index is 3.02. The molecule has 1 atom stereocenters. The van der Waals surface area contributed by atoms with Crippen molar-refractivity contribution in [1.82, 2.24) is 0 Å². The van der Waals surface area contributed by atoms with Gasteiger partial charge in [0.2, 0.25) is 5.60 Å². The first-order valence-electron chi connectivity index (χ1n) is 3.04. The summed E-state index contributed by atoms with van der Waals surface area (Å²) < 4.78 is 40.6. The smallest absolute Gasteiger partial charge is 0.436 e. The van der Waals surface area contributed by atoms with Gasteiger partial charge < -0.3 is 4.74 Å². The first-order valence-corrected chi connectivity index (χ1v) is 3.04. The van der Waals surface area contributed by atoms with Gasteiger partial charge in [-0.15, -0.1) is 0 Å². The summed E-state index contributed by atoms with van der Waals surface area (Å²) in [6.07, 6.45) is -2.72. The van der Waals surface area contributed by atoms with Gasteiger partial charge in [-0.2, -0.15) is 13.2 Å². The minimum Gasteiger partial charge on any atom is -0.438 e. The molecule has 0 aromatic rings. The molecule has 12 heavy (non-hydrogen) atoms. The molecule has 0 aromatic carbocycles. The van der Waals surface area contributed by atoms with Gasteiger partial charge in [-0.05, 0) is 12.2 Å². The Labute approximate surface area is 66.3 Å². The Bertz CT molecular complexity index is 254. The van der Waals surface area contributed by atoms with Gasteiger partial charge in [-0.25, -0.2) is 4.79 Å². The third kappa shape index (κ3) is 1.11. The van der Waals surface area contributed by atoms with Crippen molar-refractivity contribution >= 4 is 5.97 Å². The molecule has 0 fully saturated rings. The number of hydrogen-bond acceptors (Lipinski definition) is 2. The van der Waals surface area contributed by atoms with Crippen LogP contribution in [0.4, 0.5) is 13.2 Å². The number of hydrogen-bond donors (Lipinski definition) is 0. The van der Waals surface area contributed by atoms with Gasteiger partial charge in [-0.3, -0.25) is 0 Å². The molecular weight excluding hydrogens is 173 g/mol. The predicted molar refractivity (Wildman–Crippen MR) is 34.2 cm³/mol. The van der Waals surface area contributed by atoms with E-state index in [-0.39, 0.29) is 0 Å². The van der Waals surface area contributed by atoms with Crippen molar-refractivity contribution in [3.63, 3.8) is 0 Å². The van der Waals surface area contributed by atoms with Gasteiger partial charge in [0.25, 0.3) is 0 Å². The molecule has 1 aliphatic rings. The summed E-state index contributed by atoms with van der Waals surface area (Å²) in [5.41, 5.74) is -2.62. The first-order chi connectivity index (χ1) is 5.41. The first kappa shape index (κ1) is 8.83. The second-order valence-corrected chi connectivity index (χ2v) is 2.25. The topological polar surface area (TPSA) is 26.3 Å². The molecule has 0 bridgehead atoms. The van der Waals surface area contributed by atoms with E-state index < -0.39 is 17.7 Å². The lowest BCUT2D eigenvalue weighted by Gasteiger charge is -2.24. The molecule has 0 radical (unpaired) electrons. The lowest BCUT2D eigenvalue weighted by Crippen LogP contribution is -2.42. The van der Waals surface area contributed by atoms with Crippen LogP contribution in [0.15, 0.2) is 24.8 Å². The highest BCUT2D eigenvalue weighted by molar-refractivity contribution is 5.85. The Hall–Kier alpha value is -1.26. The van der Waals surface area contributed by atoms with E-state index in [1.165, 1.54) is 0 Å². The third-order valence-corrected chi connectivity index (χ3v) is 1.48. The number of carbonyl (C=O) groups excluding carboxylic acids is 1. The summed E-state index contributed by atoms with van der Waals surface area (Å²) in [4.78, 5) is 10.4. The van der Waals surface area contributed by atoms with Crippen molar-refractivity contribution in [2.24, 2.45) is 0 Å². The molecule has 0 saturated carbocycles. The van der Waals surface area contributed by atoms with Crippen LogP contribution in [0.5, 0.6) is 0 Å². The molecule has 2 nitrogen and oxygen atoms in total. The average Bonchev–Trinajstić information content (AvgIpc) is 2.31. The molecule has 1 rings (SSSR count). The summed E-state index contributed by atoms with van der Waals surface area (Å²) in [5, 5.41) is 0. The largest absolute Gasteiger partial charge is 0.438 e. The van der Waals surface area contributed by atoms with Crippen LogP contribution in [-0.4, -0.2) is 17.7 Å². The molecule has 1 aliphatic heterocycles. The number of cyclic esters (lactones) is 1. The molecule has 0 saturated heterocycles. The fourth-order valence-corrected chi connectivity index (χ4v) is 0.804. The van der Waals surface area contributed by atoms with Crippen molar-refractivity contribution in [3.8, 4) is 0 Å². The summed E-state index contributed by atoms with van der Waals surface area (Å²) in [6.45, 7) is 2.97. The summed E-state index contributed by atoms with van der Waals surface area (Å²) in [7, 11) is 0. The average molecular weight is 178 g/mol. The van der Waals surface area contributed by atoms with Gasteiger partial charge >= 0.3 is 12.1 Å². The fourth-order valence-electron chi connectivity index (χ4n) is 0.804. The van der Waals surface area contributed by atoms with Crippen molar-refractivity contribution < 1.29 is 22.7 Å². The Morgan fingerprint density at radius 3 is 2.33 bits per heavy atom. The predicted octanol–water partition coefficient (Wildman–Crippen LogP) is 1.59. The van der Waals surface area contributed by atoms with Gasteiger partial charge in [-0.1, -0.05) is 6.58 Å². The second kappa shape index (κ2) is 2.36. The number of carbonyl (C=O) groups is 1. The zero-order chi connectivity index (χ0) is 9.41. The Morgan fingerprint density at radius 2 is 2.17 bits per heavy atom. The third-order valence-electron chi connectivity index (χ3n) is 1.48. The minimum atomic E-state index is -4.64. The van der Waals surface area contributed by atoms with Crippen molar-refractivity contribution in [2.45, 2.75) is 11.8 Å². The highest BCUT2D eigenvalue weighted by Crippen LogP contribution is 2.38. The van der Waals surface area contributed by atoms with Gasteiger partial charge in [0.15, 0.2) is 0 Å². The Morgan fingerprint density at radius 1 is 1.58 bits per heavy atom. The molecule has 0 spiro atoms. The van der Waals surface area contributed by atoms with E-state index >= 15 is 0 Å². The van der Waals surface area contributed by atoms with Crippen LogP contribution >= 0.6 is 0 Å². The van der Waals surface area contributed by atoms with E-state index in [1.807, 2.05) is 0 Å². The van der Waals surface area contributed by atoms with Crippen LogP contribution in [0.25, 0.3) is 0 Å². The van der Waals surface area contributed by atoms with Crippen LogP contribution in [0, 0.1) is 0 Å². The van der Waals surface area contributed by atoms with Crippen LogP contribution in [0.3, 0.4) is 0 Å². The highest BCUT2D eigenvalue weighted by Gasteiger charge is 2.56. The quantitative estimate of drug-likeness (QED) is 0.450. The van der Waals surface area contributed by atoms with Gasteiger partial charge in [0, 0.05) is 6.08 Å². The van der Waals surface area contributed by atoms with Crippen LogP contribution < -0.4 is 0 Å². The van der Waals surface area contributed by atoms with Crippen LogP contribution in [-0.2, 0) is 9.53 Å². The van der Waals surface area contributed by atoms with Crippen LogP contribution in [0.1, 0.15) is 0 Å². The minimum absolute atomic E-state index is 0.550. The number of ether oxygens (including phenoxy) is 1. The van der Waals surface area contributed by atoms with E-state index in [0.29, 0.717) is 12.2 Å². The molecule has 5 heteroatoms. The highest BCUT2D eigenvalue weighted by atomic mass is 19.4. The second-order valence-electron chi connectivity index (χ2n) is 2.25. The molecule has 0 amide bonds. The van der Waals surface area contributed by atoms with E-state index in [9.17, 15) is 18.0 Å². The number of halogens is 3. The molecule has 0 N–H and O–H groups in total. The monoisotopic (exact) mass is 178 g/mol. The molecule has 0 aromatic heterocycles. The molecule has 66 valence electrons. The molecular formula is C7H5F3O2. The lowest BCUT2D eigenvalue weighted by molar-refractivity contribution is -0.228. The molecule has 0 aliphatic carbocycles. The van der Waals surface area contributed by atoms with E-state index in [4.69, 9.17) is 0 Å². The van der Waals surface area contributed by atoms with Crippen molar-refractivity contribution in [2.75, 3.05) is 0 Å². The fraction of sp³-hybridized carbons (Fsp3) is 0.286. The van der Waals surface area contributed by atoms with Crippen LogP contribution in [0.2, 0.25) is 0 Å². The molecule has 1 unspecified atom stereocenters. The maximum Gasteiger partial charge on any atom is 0.436 e. The standard InChI is InChI=1S/C7H5F3O2/c1-2-6(7(8,9)10)4-3-5(11)12-6/h2-4H,1H2. The van der Waals surface area contributed by atoms with Crippen molar-refractivity contribution in [3.05, 3.63) is 24.8 Å². The zero-order valence-corrected chi connectivity index (χ0v) is 5.89. The van der Waals surface area contributed by atoms with Gasteiger partial charge in [0.1, 0.15) is 0 Å². The van der Waals surface area contributed by atoms with Gasteiger partial charge in [0.05, 0.1) is 0 Å². The van der Waals surface area contributed by atoms with Crippen molar-refractivity contribution in [1.29, 1.82) is 0 Å². The Kier molecular flexibility index (Phi) is 1.74.